The van der Waals surface area contributed by atoms with Crippen LogP contribution in [-0.2, 0) is 12.4 Å². The van der Waals surface area contributed by atoms with Crippen molar-refractivity contribution in [3.8, 4) is 17.1 Å². The van der Waals surface area contributed by atoms with Gasteiger partial charge in [-0.3, -0.25) is 0 Å². The zero-order valence-corrected chi connectivity index (χ0v) is 16.7. The van der Waals surface area contributed by atoms with Gasteiger partial charge >= 0.3 is 18.5 Å². The number of benzene rings is 1. The fourth-order valence-electron chi connectivity index (χ4n) is 2.75. The summed E-state index contributed by atoms with van der Waals surface area (Å²) >= 11 is 0.412. The second-order valence-electron chi connectivity index (χ2n) is 6.58. The van der Waals surface area contributed by atoms with E-state index in [0.29, 0.717) is 34.1 Å². The SMILES string of the molecule is Cc1ccc(-c2cc(C(F)(F)F)nn2-c2ncccc2C(F)(F)F)cc1SCC(F)(F)F. The van der Waals surface area contributed by atoms with Gasteiger partial charge in [0.2, 0.25) is 0 Å². The molecule has 0 bridgehead atoms. The van der Waals surface area contributed by atoms with Gasteiger partial charge in [0.15, 0.2) is 11.5 Å². The molecule has 32 heavy (non-hydrogen) atoms. The Bertz CT molecular complexity index is 1110. The first-order valence-corrected chi connectivity index (χ1v) is 9.66. The number of hydrogen-bond donors (Lipinski definition) is 0. The van der Waals surface area contributed by atoms with Crippen LogP contribution < -0.4 is 0 Å². The van der Waals surface area contributed by atoms with Crippen molar-refractivity contribution >= 4 is 11.8 Å². The predicted octanol–water partition coefficient (Wildman–Crippen LogP) is 6.93. The first-order valence-electron chi connectivity index (χ1n) is 8.67. The zero-order chi connectivity index (χ0) is 23.9. The van der Waals surface area contributed by atoms with Crippen molar-refractivity contribution in [2.24, 2.45) is 0 Å². The average Bonchev–Trinajstić information content (AvgIpc) is 3.12. The van der Waals surface area contributed by atoms with Crippen molar-refractivity contribution in [1.82, 2.24) is 14.8 Å². The van der Waals surface area contributed by atoms with Gasteiger partial charge in [-0.25, -0.2) is 9.67 Å². The van der Waals surface area contributed by atoms with Crippen molar-refractivity contribution in [3.05, 3.63) is 59.4 Å². The van der Waals surface area contributed by atoms with Gasteiger partial charge in [0, 0.05) is 16.7 Å². The maximum Gasteiger partial charge on any atom is 0.435 e. The highest BCUT2D eigenvalue weighted by molar-refractivity contribution is 7.99. The number of aromatic nitrogens is 3. The number of alkyl halides is 9. The summed E-state index contributed by atoms with van der Waals surface area (Å²) in [5.41, 5.74) is -2.84. The van der Waals surface area contributed by atoms with Crippen molar-refractivity contribution < 1.29 is 39.5 Å². The molecule has 0 unspecified atom stereocenters. The second kappa shape index (κ2) is 8.34. The van der Waals surface area contributed by atoms with E-state index >= 15 is 0 Å². The summed E-state index contributed by atoms with van der Waals surface area (Å²) in [4.78, 5) is 3.67. The molecule has 0 N–H and O–H groups in total. The number of hydrogen-bond acceptors (Lipinski definition) is 3. The number of aryl methyl sites for hydroxylation is 1. The van der Waals surface area contributed by atoms with Gasteiger partial charge in [-0.1, -0.05) is 12.1 Å². The molecule has 0 aliphatic carbocycles. The van der Waals surface area contributed by atoms with Crippen molar-refractivity contribution in [3.63, 3.8) is 0 Å². The Labute approximate surface area is 179 Å². The van der Waals surface area contributed by atoms with E-state index in [0.717, 1.165) is 12.3 Å². The highest BCUT2D eigenvalue weighted by Gasteiger charge is 2.39. The molecule has 3 aromatic rings. The molecule has 2 heterocycles. The molecule has 0 aliphatic rings. The van der Waals surface area contributed by atoms with E-state index in [1.54, 1.807) is 0 Å². The Balaban J connectivity index is 2.20. The topological polar surface area (TPSA) is 30.7 Å². The van der Waals surface area contributed by atoms with Crippen LogP contribution in [-0.4, -0.2) is 26.7 Å². The first kappa shape index (κ1) is 24.0. The zero-order valence-electron chi connectivity index (χ0n) is 15.9. The molecule has 0 fully saturated rings. The largest absolute Gasteiger partial charge is 0.435 e. The summed E-state index contributed by atoms with van der Waals surface area (Å²) in [5, 5.41) is 3.28. The number of thioether (sulfide) groups is 1. The Morgan fingerprint density at radius 2 is 1.59 bits per heavy atom. The molecule has 172 valence electrons. The minimum Gasteiger partial charge on any atom is -0.237 e. The Kier molecular flexibility index (Phi) is 6.24. The third kappa shape index (κ3) is 5.37. The highest BCUT2D eigenvalue weighted by Crippen LogP contribution is 2.38. The maximum absolute atomic E-state index is 13.4. The van der Waals surface area contributed by atoms with E-state index in [1.807, 2.05) is 0 Å². The Hall–Kier alpha value is -2.70. The third-order valence-electron chi connectivity index (χ3n) is 4.17. The Morgan fingerprint density at radius 1 is 0.906 bits per heavy atom. The van der Waals surface area contributed by atoms with Gasteiger partial charge in [-0.2, -0.15) is 44.6 Å². The van der Waals surface area contributed by atoms with E-state index < -0.39 is 47.1 Å². The molecule has 0 amide bonds. The van der Waals surface area contributed by atoms with Crippen LogP contribution in [0.1, 0.15) is 16.8 Å². The molecule has 0 saturated heterocycles. The Morgan fingerprint density at radius 3 is 2.19 bits per heavy atom. The van der Waals surface area contributed by atoms with Gasteiger partial charge in [-0.05, 0) is 36.8 Å². The summed E-state index contributed by atoms with van der Waals surface area (Å²) in [6.45, 7) is 1.50. The summed E-state index contributed by atoms with van der Waals surface area (Å²) < 4.78 is 118. The number of halogens is 9. The lowest BCUT2D eigenvalue weighted by Gasteiger charge is -2.15. The van der Waals surface area contributed by atoms with E-state index in [9.17, 15) is 39.5 Å². The van der Waals surface area contributed by atoms with Crippen LogP contribution >= 0.6 is 11.8 Å². The summed E-state index contributed by atoms with van der Waals surface area (Å²) in [5.74, 6) is -2.14. The van der Waals surface area contributed by atoms with Crippen LogP contribution in [0.15, 0.2) is 47.5 Å². The average molecular weight is 485 g/mol. The normalized spacial score (nSPS) is 12.9. The van der Waals surface area contributed by atoms with Crippen LogP contribution in [0.25, 0.3) is 17.1 Å². The van der Waals surface area contributed by atoms with Crippen molar-refractivity contribution in [2.75, 3.05) is 5.75 Å². The molecule has 0 atom stereocenters. The molecular formula is C19H12F9N3S. The summed E-state index contributed by atoms with van der Waals surface area (Å²) in [7, 11) is 0. The lowest BCUT2D eigenvalue weighted by molar-refractivity contribution is -0.141. The molecular weight excluding hydrogens is 473 g/mol. The lowest BCUT2D eigenvalue weighted by atomic mass is 10.1. The molecule has 0 aliphatic heterocycles. The second-order valence-corrected chi connectivity index (χ2v) is 7.60. The highest BCUT2D eigenvalue weighted by atomic mass is 32.2. The van der Waals surface area contributed by atoms with Gasteiger partial charge in [0.1, 0.15) is 5.56 Å². The molecule has 13 heteroatoms. The van der Waals surface area contributed by atoms with E-state index in [4.69, 9.17) is 0 Å². The fourth-order valence-corrected chi connectivity index (χ4v) is 3.57. The van der Waals surface area contributed by atoms with Gasteiger partial charge in [-0.15, -0.1) is 11.8 Å². The maximum atomic E-state index is 13.4. The van der Waals surface area contributed by atoms with Gasteiger partial charge in [0.05, 0.1) is 11.4 Å². The molecule has 0 saturated carbocycles. The first-order chi connectivity index (χ1) is 14.7. The fraction of sp³-hybridized carbons (Fsp3) is 0.263. The van der Waals surface area contributed by atoms with E-state index in [-0.39, 0.29) is 10.5 Å². The van der Waals surface area contributed by atoms with Gasteiger partial charge < -0.3 is 0 Å². The van der Waals surface area contributed by atoms with Gasteiger partial charge in [0.25, 0.3) is 0 Å². The quantitative estimate of drug-likeness (QED) is 0.297. The minimum atomic E-state index is -4.98. The van der Waals surface area contributed by atoms with Crippen LogP contribution in [0.3, 0.4) is 0 Å². The van der Waals surface area contributed by atoms with Crippen molar-refractivity contribution in [1.29, 1.82) is 0 Å². The monoisotopic (exact) mass is 485 g/mol. The smallest absolute Gasteiger partial charge is 0.237 e. The third-order valence-corrected chi connectivity index (χ3v) is 5.39. The number of nitrogens with zero attached hydrogens (tertiary/aromatic N) is 3. The van der Waals surface area contributed by atoms with Crippen molar-refractivity contribution in [2.45, 2.75) is 30.3 Å². The molecule has 3 rings (SSSR count). The molecule has 0 radical (unpaired) electrons. The molecule has 1 aromatic carbocycles. The number of pyridine rings is 1. The van der Waals surface area contributed by atoms with Crippen LogP contribution in [0.2, 0.25) is 0 Å². The predicted molar refractivity (Wildman–Crippen MR) is 98.3 cm³/mol. The van der Waals surface area contributed by atoms with E-state index in [2.05, 4.69) is 10.1 Å². The lowest BCUT2D eigenvalue weighted by Crippen LogP contribution is -2.15. The molecule has 0 spiro atoms. The van der Waals surface area contributed by atoms with Crippen LogP contribution in [0, 0.1) is 6.92 Å². The minimum absolute atomic E-state index is 0.0537. The molecule has 2 aromatic heterocycles. The van der Waals surface area contributed by atoms with Crippen LogP contribution in [0.4, 0.5) is 39.5 Å². The number of rotatable bonds is 4. The summed E-state index contributed by atoms with van der Waals surface area (Å²) in [6.07, 6.45) is -13.4. The van der Waals surface area contributed by atoms with Crippen LogP contribution in [0.5, 0.6) is 0 Å². The molecule has 3 nitrogen and oxygen atoms in total. The van der Waals surface area contributed by atoms with E-state index in [1.165, 1.54) is 25.1 Å². The summed E-state index contributed by atoms with van der Waals surface area (Å²) in [6, 6.07) is 5.96. The standard InChI is InChI=1S/C19H12F9N3S/c1-10-4-5-11(7-14(10)32-9-17(20,21)22)13-8-15(19(26,27)28)30-31(13)16-12(18(23,24)25)3-2-6-29-16/h2-8H,9H2,1H3.